The number of allylic oxidation sites excluding steroid dienone is 2. The number of nitrogens with two attached hydrogens (primary N) is 1. The number of rotatable bonds is 2. The molecule has 1 aliphatic rings. The van der Waals surface area contributed by atoms with E-state index >= 15 is 0 Å². The first-order valence-electron chi connectivity index (χ1n) is 12.5. The van der Waals surface area contributed by atoms with Gasteiger partial charge >= 0.3 is 6.09 Å². The molecule has 2 amide bonds. The van der Waals surface area contributed by atoms with Gasteiger partial charge in [0.25, 0.3) is 5.91 Å². The zero-order valence-corrected chi connectivity index (χ0v) is 22.7. The molecule has 10 heteroatoms. The van der Waals surface area contributed by atoms with Crippen molar-refractivity contribution >= 4 is 17.7 Å². The van der Waals surface area contributed by atoms with Gasteiger partial charge in [0.2, 0.25) is 0 Å². The van der Waals surface area contributed by atoms with E-state index in [1.807, 2.05) is 6.92 Å². The maximum atomic E-state index is 12.8. The number of ether oxygens (including phenoxy) is 2. The Morgan fingerprint density at radius 3 is 2.34 bits per heavy atom. The molecule has 1 aromatic rings. The molecule has 7 N–H and O–H groups in total. The van der Waals surface area contributed by atoms with Gasteiger partial charge in [0.1, 0.15) is 17.6 Å². The average Bonchev–Trinajstić information content (AvgIpc) is 2.83. The molecule has 2 bridgehead atoms. The Morgan fingerprint density at radius 2 is 1.74 bits per heavy atom. The first-order chi connectivity index (χ1) is 17.8. The number of hydrogen-bond acceptors (Lipinski definition) is 8. The summed E-state index contributed by atoms with van der Waals surface area (Å²) in [7, 11) is 1.43. The summed E-state index contributed by atoms with van der Waals surface area (Å²) >= 11 is 0. The highest BCUT2D eigenvalue weighted by Gasteiger charge is 2.31. The maximum Gasteiger partial charge on any atom is 0.405 e. The van der Waals surface area contributed by atoms with E-state index in [-0.39, 0.29) is 35.1 Å². The summed E-state index contributed by atoms with van der Waals surface area (Å²) in [6.07, 6.45) is 1.95. The lowest BCUT2D eigenvalue weighted by Gasteiger charge is -2.30. The lowest BCUT2D eigenvalue weighted by atomic mass is 9.86. The van der Waals surface area contributed by atoms with Gasteiger partial charge in [0, 0.05) is 36.1 Å². The number of phenolic OH excluding ortho intramolecular Hbond substituents is 2. The summed E-state index contributed by atoms with van der Waals surface area (Å²) in [6, 6.07) is 2.56. The van der Waals surface area contributed by atoms with Crippen molar-refractivity contribution in [1.82, 2.24) is 0 Å². The van der Waals surface area contributed by atoms with Crippen molar-refractivity contribution in [2.75, 3.05) is 12.4 Å². The number of benzene rings is 1. The second-order valence-electron chi connectivity index (χ2n) is 10.0. The number of methoxy groups -OCH3 is 1. The minimum atomic E-state index is -1.16. The summed E-state index contributed by atoms with van der Waals surface area (Å²) in [5, 5.41) is 45.6. The summed E-state index contributed by atoms with van der Waals surface area (Å²) in [5.74, 6) is -2.26. The molecule has 210 valence electrons. The first-order valence-corrected chi connectivity index (χ1v) is 12.5. The number of amides is 2. The van der Waals surface area contributed by atoms with E-state index in [0.29, 0.717) is 11.1 Å². The molecule has 1 aliphatic heterocycles. The highest BCUT2D eigenvalue weighted by molar-refractivity contribution is 6.04. The van der Waals surface area contributed by atoms with Crippen LogP contribution in [0.4, 0.5) is 10.5 Å². The predicted molar refractivity (Wildman–Crippen MR) is 143 cm³/mol. The van der Waals surface area contributed by atoms with E-state index in [1.54, 1.807) is 52.0 Å². The van der Waals surface area contributed by atoms with E-state index in [2.05, 4.69) is 5.32 Å². The number of hydrogen-bond donors (Lipinski definition) is 6. The van der Waals surface area contributed by atoms with E-state index in [0.717, 1.165) is 0 Å². The SMILES string of the molecule is COC1c2cc(O)cc(c2O)NC(=O)C(C)=CC=CC(C)C(OC(N)=O)C(C)=CC(C)C(O)C(O)CC1C. The third-order valence-corrected chi connectivity index (χ3v) is 6.81. The van der Waals surface area contributed by atoms with Gasteiger partial charge < -0.3 is 41.0 Å². The zero-order chi connectivity index (χ0) is 28.7. The second kappa shape index (κ2) is 13.5. The lowest BCUT2D eigenvalue weighted by molar-refractivity contribution is -0.112. The molecule has 0 spiro atoms. The van der Waals surface area contributed by atoms with Crippen LogP contribution in [0.15, 0.2) is 47.6 Å². The molecule has 2 rings (SSSR count). The fraction of sp³-hybridized carbons (Fsp3) is 0.500. The molecular weight excluding hydrogens is 492 g/mol. The van der Waals surface area contributed by atoms with E-state index in [9.17, 15) is 30.0 Å². The van der Waals surface area contributed by atoms with E-state index in [4.69, 9.17) is 15.2 Å². The number of nitrogens with one attached hydrogen (secondary N) is 1. The number of fused-ring (bicyclic) bond motifs is 2. The van der Waals surface area contributed by atoms with Gasteiger partial charge in [-0.2, -0.15) is 0 Å². The summed E-state index contributed by atoms with van der Waals surface area (Å²) < 4.78 is 10.9. The highest BCUT2D eigenvalue weighted by Crippen LogP contribution is 2.41. The molecular formula is C28H40N2O8. The number of carbonyl (C=O) groups excluding carboxylic acids is 2. The topological polar surface area (TPSA) is 172 Å². The fourth-order valence-electron chi connectivity index (χ4n) is 4.73. The van der Waals surface area contributed by atoms with Crippen LogP contribution in [0.2, 0.25) is 0 Å². The third kappa shape index (κ3) is 7.83. The Hall–Kier alpha value is -3.34. The van der Waals surface area contributed by atoms with Crippen LogP contribution in [0.1, 0.15) is 52.7 Å². The van der Waals surface area contributed by atoms with Crippen LogP contribution >= 0.6 is 0 Å². The average molecular weight is 533 g/mol. The molecule has 0 aromatic heterocycles. The van der Waals surface area contributed by atoms with Crippen molar-refractivity contribution in [2.24, 2.45) is 23.5 Å². The number of phenols is 2. The number of primary amides is 1. The minimum absolute atomic E-state index is 0.00813. The number of anilines is 1. The Balaban J connectivity index is 2.60. The lowest BCUT2D eigenvalue weighted by Crippen LogP contribution is -2.35. The van der Waals surface area contributed by atoms with Crippen LogP contribution in [0.5, 0.6) is 11.5 Å². The van der Waals surface area contributed by atoms with Crippen molar-refractivity contribution < 1.29 is 39.5 Å². The monoisotopic (exact) mass is 532 g/mol. The van der Waals surface area contributed by atoms with Crippen molar-refractivity contribution in [2.45, 2.75) is 65.5 Å². The molecule has 1 heterocycles. The molecule has 0 radical (unpaired) electrons. The van der Waals surface area contributed by atoms with Gasteiger partial charge in [0.15, 0.2) is 0 Å². The number of carbonyl (C=O) groups is 2. The molecule has 38 heavy (non-hydrogen) atoms. The zero-order valence-electron chi connectivity index (χ0n) is 22.7. The second-order valence-corrected chi connectivity index (χ2v) is 10.0. The molecule has 7 unspecified atom stereocenters. The highest BCUT2D eigenvalue weighted by atomic mass is 16.6. The van der Waals surface area contributed by atoms with Gasteiger partial charge in [-0.1, -0.05) is 45.1 Å². The standard InChI is InChI=1S/C28H40N2O8/c1-14-8-7-9-15(2)27(35)30-21-13-19(31)12-20(24(21)34)26(37-6)18(5)11-22(32)23(33)16(3)10-17(4)25(14)38-28(29)36/h7-10,12-14,16,18,22-23,25-26,31-34H,11H2,1-6H3,(H2,29,36)(H,30,35). The predicted octanol–water partition coefficient (Wildman–Crippen LogP) is 3.67. The van der Waals surface area contributed by atoms with Crippen LogP contribution in [0.25, 0.3) is 0 Å². The smallest absolute Gasteiger partial charge is 0.405 e. The Morgan fingerprint density at radius 1 is 1.08 bits per heavy atom. The molecule has 0 fully saturated rings. The normalized spacial score (nSPS) is 29.7. The summed E-state index contributed by atoms with van der Waals surface area (Å²) in [5.41, 5.74) is 6.45. The van der Waals surface area contributed by atoms with E-state index < -0.39 is 48.3 Å². The molecule has 7 atom stereocenters. The van der Waals surface area contributed by atoms with Gasteiger partial charge in [0.05, 0.1) is 24.0 Å². The molecule has 1 aromatic carbocycles. The number of aromatic hydroxyl groups is 2. The molecule has 10 nitrogen and oxygen atoms in total. The van der Waals surface area contributed by atoms with Crippen LogP contribution in [-0.4, -0.2) is 57.8 Å². The summed E-state index contributed by atoms with van der Waals surface area (Å²) in [6.45, 7) is 8.65. The largest absolute Gasteiger partial charge is 0.508 e. The third-order valence-electron chi connectivity index (χ3n) is 6.81. The first kappa shape index (κ1) is 30.9. The van der Waals surface area contributed by atoms with Crippen molar-refractivity contribution in [1.29, 1.82) is 0 Å². The molecule has 0 aliphatic carbocycles. The molecule has 0 saturated carbocycles. The van der Waals surface area contributed by atoms with Gasteiger partial charge in [-0.05, 0) is 37.8 Å². The molecule has 0 saturated heterocycles. The Kier molecular flexibility index (Phi) is 10.9. The van der Waals surface area contributed by atoms with Crippen molar-refractivity contribution in [3.63, 3.8) is 0 Å². The summed E-state index contributed by atoms with van der Waals surface area (Å²) in [4.78, 5) is 24.4. The van der Waals surface area contributed by atoms with Gasteiger partial charge in [-0.15, -0.1) is 0 Å². The van der Waals surface area contributed by atoms with Crippen LogP contribution in [0, 0.1) is 17.8 Å². The van der Waals surface area contributed by atoms with Crippen LogP contribution in [0.3, 0.4) is 0 Å². The quantitative estimate of drug-likeness (QED) is 0.190. The van der Waals surface area contributed by atoms with Gasteiger partial charge in [-0.3, -0.25) is 4.79 Å². The van der Waals surface area contributed by atoms with Crippen molar-refractivity contribution in [3.05, 3.63) is 53.1 Å². The van der Waals surface area contributed by atoms with E-state index in [1.165, 1.54) is 19.2 Å². The maximum absolute atomic E-state index is 12.8. The Labute approximate surface area is 223 Å². The van der Waals surface area contributed by atoms with Crippen LogP contribution in [-0.2, 0) is 14.3 Å². The fourth-order valence-corrected chi connectivity index (χ4v) is 4.73. The number of aliphatic hydroxyl groups is 2. The van der Waals surface area contributed by atoms with Gasteiger partial charge in [-0.25, -0.2) is 4.79 Å². The minimum Gasteiger partial charge on any atom is -0.508 e. The van der Waals surface area contributed by atoms with Crippen LogP contribution < -0.4 is 11.1 Å². The Bertz CT molecular complexity index is 1100. The van der Waals surface area contributed by atoms with Crippen molar-refractivity contribution in [3.8, 4) is 11.5 Å². The number of aliphatic hydroxyl groups excluding tert-OH is 2.